The Hall–Kier alpha value is -1.09. The van der Waals surface area contributed by atoms with Crippen molar-refractivity contribution in [2.75, 3.05) is 11.9 Å². The Labute approximate surface area is 105 Å². The van der Waals surface area contributed by atoms with Crippen LogP contribution < -0.4 is 10.6 Å². The zero-order valence-corrected chi connectivity index (χ0v) is 12.0. The van der Waals surface area contributed by atoms with E-state index in [0.717, 1.165) is 23.5 Å². The van der Waals surface area contributed by atoms with E-state index in [1.165, 1.54) is 5.56 Å². The molecule has 1 rings (SSSR count). The van der Waals surface area contributed by atoms with Gasteiger partial charge in [-0.1, -0.05) is 6.92 Å². The summed E-state index contributed by atoms with van der Waals surface area (Å²) in [5.74, 6) is 1.02. The number of rotatable bonds is 4. The molecule has 0 atom stereocenters. The molecule has 0 aliphatic rings. The number of anilines is 1. The lowest BCUT2D eigenvalue weighted by Gasteiger charge is -2.37. The standard InChI is InChI=1S/C14H25N3/c1-7-14(4,5)17(6)13-12(9-15)10(2)8-11(3)16-13/h8H,7,9,15H2,1-6H3. The Morgan fingerprint density at radius 3 is 2.41 bits per heavy atom. The molecule has 0 aliphatic carbocycles. The van der Waals surface area contributed by atoms with Crippen molar-refractivity contribution in [3.63, 3.8) is 0 Å². The average molecular weight is 235 g/mol. The average Bonchev–Trinajstić information content (AvgIpc) is 2.27. The quantitative estimate of drug-likeness (QED) is 0.872. The van der Waals surface area contributed by atoms with E-state index in [9.17, 15) is 0 Å². The molecular formula is C14H25N3. The van der Waals surface area contributed by atoms with E-state index in [2.05, 4.69) is 50.7 Å². The van der Waals surface area contributed by atoms with Gasteiger partial charge in [0, 0.05) is 30.4 Å². The first-order valence-electron chi connectivity index (χ1n) is 6.24. The van der Waals surface area contributed by atoms with Crippen LogP contribution in [0.25, 0.3) is 0 Å². The van der Waals surface area contributed by atoms with Crippen molar-refractivity contribution in [1.82, 2.24) is 4.98 Å². The number of pyridine rings is 1. The third-order valence-corrected chi connectivity index (χ3v) is 3.75. The fourth-order valence-electron chi connectivity index (χ4n) is 1.90. The van der Waals surface area contributed by atoms with Crippen molar-refractivity contribution in [2.45, 2.75) is 53.1 Å². The molecule has 1 aromatic heterocycles. The minimum Gasteiger partial charge on any atom is -0.354 e. The topological polar surface area (TPSA) is 42.2 Å². The first-order chi connectivity index (χ1) is 7.83. The Bertz CT molecular complexity index is 397. The fraction of sp³-hybridized carbons (Fsp3) is 0.643. The van der Waals surface area contributed by atoms with Gasteiger partial charge in [0.05, 0.1) is 0 Å². The molecule has 0 spiro atoms. The van der Waals surface area contributed by atoms with Crippen molar-refractivity contribution in [3.8, 4) is 0 Å². The molecule has 3 heteroatoms. The van der Waals surface area contributed by atoms with Crippen molar-refractivity contribution in [2.24, 2.45) is 5.73 Å². The van der Waals surface area contributed by atoms with Gasteiger partial charge in [-0.15, -0.1) is 0 Å². The van der Waals surface area contributed by atoms with Crippen molar-refractivity contribution in [3.05, 3.63) is 22.9 Å². The van der Waals surface area contributed by atoms with Gasteiger partial charge in [0.1, 0.15) is 5.82 Å². The van der Waals surface area contributed by atoms with E-state index < -0.39 is 0 Å². The summed E-state index contributed by atoms with van der Waals surface area (Å²) in [6.07, 6.45) is 1.07. The van der Waals surface area contributed by atoms with Crippen LogP contribution in [0.3, 0.4) is 0 Å². The van der Waals surface area contributed by atoms with Gasteiger partial charge in [-0.05, 0) is 45.7 Å². The summed E-state index contributed by atoms with van der Waals surface area (Å²) in [5, 5.41) is 0. The minimum atomic E-state index is 0.0944. The molecule has 0 saturated heterocycles. The summed E-state index contributed by atoms with van der Waals surface area (Å²) in [5.41, 5.74) is 9.38. The van der Waals surface area contributed by atoms with Gasteiger partial charge < -0.3 is 10.6 Å². The monoisotopic (exact) mass is 235 g/mol. The van der Waals surface area contributed by atoms with Crippen LogP contribution in [0.5, 0.6) is 0 Å². The Balaban J connectivity index is 3.30. The molecule has 0 radical (unpaired) electrons. The van der Waals surface area contributed by atoms with Gasteiger partial charge in [-0.3, -0.25) is 0 Å². The van der Waals surface area contributed by atoms with E-state index in [4.69, 9.17) is 5.73 Å². The Morgan fingerprint density at radius 2 is 1.94 bits per heavy atom. The van der Waals surface area contributed by atoms with E-state index in [0.29, 0.717) is 6.54 Å². The molecule has 0 bridgehead atoms. The van der Waals surface area contributed by atoms with Crippen LogP contribution >= 0.6 is 0 Å². The smallest absolute Gasteiger partial charge is 0.133 e. The number of aromatic nitrogens is 1. The molecule has 1 aromatic rings. The molecule has 0 aliphatic heterocycles. The van der Waals surface area contributed by atoms with Crippen LogP contribution in [-0.2, 0) is 6.54 Å². The normalized spacial score (nSPS) is 11.7. The molecule has 17 heavy (non-hydrogen) atoms. The van der Waals surface area contributed by atoms with Gasteiger partial charge in [-0.25, -0.2) is 4.98 Å². The van der Waals surface area contributed by atoms with Crippen LogP contribution in [0.4, 0.5) is 5.82 Å². The summed E-state index contributed by atoms with van der Waals surface area (Å²) in [4.78, 5) is 6.91. The van der Waals surface area contributed by atoms with Crippen LogP contribution in [0.15, 0.2) is 6.07 Å². The van der Waals surface area contributed by atoms with Crippen molar-refractivity contribution >= 4 is 5.82 Å². The van der Waals surface area contributed by atoms with Crippen LogP contribution in [0.1, 0.15) is 44.0 Å². The highest BCUT2D eigenvalue weighted by Gasteiger charge is 2.24. The first-order valence-corrected chi connectivity index (χ1v) is 6.24. The highest BCUT2D eigenvalue weighted by atomic mass is 15.2. The number of nitrogens with zero attached hydrogens (tertiary/aromatic N) is 2. The first kappa shape index (κ1) is 14.0. The van der Waals surface area contributed by atoms with Crippen LogP contribution in [0.2, 0.25) is 0 Å². The highest BCUT2D eigenvalue weighted by Crippen LogP contribution is 2.28. The number of nitrogens with two attached hydrogens (primary N) is 1. The largest absolute Gasteiger partial charge is 0.354 e. The van der Waals surface area contributed by atoms with Crippen molar-refractivity contribution in [1.29, 1.82) is 0 Å². The lowest BCUT2D eigenvalue weighted by Crippen LogP contribution is -2.42. The van der Waals surface area contributed by atoms with E-state index >= 15 is 0 Å². The number of hydrogen-bond donors (Lipinski definition) is 1. The maximum absolute atomic E-state index is 5.86. The summed E-state index contributed by atoms with van der Waals surface area (Å²) in [6, 6.07) is 2.10. The van der Waals surface area contributed by atoms with E-state index in [-0.39, 0.29) is 5.54 Å². The van der Waals surface area contributed by atoms with Gasteiger partial charge in [0.15, 0.2) is 0 Å². The Kier molecular flexibility index (Phi) is 4.15. The van der Waals surface area contributed by atoms with Gasteiger partial charge >= 0.3 is 0 Å². The summed E-state index contributed by atoms with van der Waals surface area (Å²) < 4.78 is 0. The molecule has 0 fully saturated rings. The van der Waals surface area contributed by atoms with Crippen LogP contribution in [0, 0.1) is 13.8 Å². The van der Waals surface area contributed by atoms with E-state index in [1.54, 1.807) is 0 Å². The zero-order valence-electron chi connectivity index (χ0n) is 12.0. The van der Waals surface area contributed by atoms with Crippen LogP contribution in [-0.4, -0.2) is 17.6 Å². The summed E-state index contributed by atoms with van der Waals surface area (Å²) in [7, 11) is 2.10. The summed E-state index contributed by atoms with van der Waals surface area (Å²) >= 11 is 0. The maximum Gasteiger partial charge on any atom is 0.133 e. The molecule has 3 nitrogen and oxygen atoms in total. The van der Waals surface area contributed by atoms with Crippen molar-refractivity contribution < 1.29 is 0 Å². The van der Waals surface area contributed by atoms with Gasteiger partial charge in [0.2, 0.25) is 0 Å². The SMILES string of the molecule is CCC(C)(C)N(C)c1nc(C)cc(C)c1CN. The zero-order chi connectivity index (χ0) is 13.2. The molecule has 0 saturated carbocycles. The predicted octanol–water partition coefficient (Wildman–Crippen LogP) is 2.78. The number of aryl methyl sites for hydroxylation is 2. The second-order valence-electron chi connectivity index (χ2n) is 5.31. The molecule has 96 valence electrons. The highest BCUT2D eigenvalue weighted by molar-refractivity contribution is 5.52. The third kappa shape index (κ3) is 2.78. The lowest BCUT2D eigenvalue weighted by molar-refractivity contribution is 0.465. The molecule has 2 N–H and O–H groups in total. The fourth-order valence-corrected chi connectivity index (χ4v) is 1.90. The molecule has 0 amide bonds. The Morgan fingerprint density at radius 1 is 1.35 bits per heavy atom. The molecular weight excluding hydrogens is 210 g/mol. The number of hydrogen-bond acceptors (Lipinski definition) is 3. The predicted molar refractivity (Wildman–Crippen MR) is 74.4 cm³/mol. The second kappa shape index (κ2) is 5.05. The molecule has 1 heterocycles. The molecule has 0 unspecified atom stereocenters. The summed E-state index contributed by atoms with van der Waals surface area (Å²) in [6.45, 7) is 11.3. The van der Waals surface area contributed by atoms with Gasteiger partial charge in [0.25, 0.3) is 0 Å². The van der Waals surface area contributed by atoms with E-state index in [1.807, 2.05) is 6.92 Å². The molecule has 0 aromatic carbocycles. The lowest BCUT2D eigenvalue weighted by atomic mass is 9.98. The van der Waals surface area contributed by atoms with Gasteiger partial charge in [-0.2, -0.15) is 0 Å². The third-order valence-electron chi connectivity index (χ3n) is 3.75. The maximum atomic E-state index is 5.86. The minimum absolute atomic E-state index is 0.0944. The second-order valence-corrected chi connectivity index (χ2v) is 5.31.